The van der Waals surface area contributed by atoms with Gasteiger partial charge in [-0.15, -0.1) is 0 Å². The number of carbonyl (C=O) groups excluding carboxylic acids is 1. The molecule has 1 amide bonds. The Bertz CT molecular complexity index is 858. The van der Waals surface area contributed by atoms with E-state index < -0.39 is 0 Å². The van der Waals surface area contributed by atoms with E-state index in [1.807, 2.05) is 36.4 Å². The maximum Gasteiger partial charge on any atom is 0.257 e. The first-order valence-electron chi connectivity index (χ1n) is 8.00. The van der Waals surface area contributed by atoms with Gasteiger partial charge in [0.1, 0.15) is 17.3 Å². The molecule has 0 saturated heterocycles. The van der Waals surface area contributed by atoms with Gasteiger partial charge >= 0.3 is 0 Å². The number of para-hydroxylation sites is 1. The van der Waals surface area contributed by atoms with Crippen molar-refractivity contribution in [2.45, 2.75) is 0 Å². The highest BCUT2D eigenvalue weighted by Gasteiger charge is 2.11. The summed E-state index contributed by atoms with van der Waals surface area (Å²) in [7, 11) is 3.08. The molecule has 2 aromatic carbocycles. The van der Waals surface area contributed by atoms with E-state index in [-0.39, 0.29) is 5.91 Å². The topological polar surface area (TPSA) is 72.5 Å². The van der Waals surface area contributed by atoms with E-state index >= 15 is 0 Å². The number of rotatable bonds is 6. The molecule has 1 aromatic heterocycles. The summed E-state index contributed by atoms with van der Waals surface area (Å²) < 4.78 is 10.4. The van der Waals surface area contributed by atoms with Crippen molar-refractivity contribution in [2.75, 3.05) is 24.9 Å². The molecular formula is C20H19N3O3. The minimum atomic E-state index is -0.293. The zero-order chi connectivity index (χ0) is 18.4. The predicted molar refractivity (Wildman–Crippen MR) is 101 cm³/mol. The first kappa shape index (κ1) is 17.3. The number of pyridine rings is 1. The van der Waals surface area contributed by atoms with Crippen molar-refractivity contribution in [3.05, 3.63) is 72.4 Å². The van der Waals surface area contributed by atoms with Crippen LogP contribution in [0.2, 0.25) is 0 Å². The van der Waals surface area contributed by atoms with Gasteiger partial charge in [-0.1, -0.05) is 18.2 Å². The SMILES string of the molecule is COc1cc(OC)cc(C(=O)Nc2ccc(Nc3ccccc3)cn2)c1. The molecule has 6 nitrogen and oxygen atoms in total. The van der Waals surface area contributed by atoms with Crippen LogP contribution in [0.1, 0.15) is 10.4 Å². The molecule has 1 heterocycles. The van der Waals surface area contributed by atoms with E-state index in [0.717, 1.165) is 11.4 Å². The first-order chi connectivity index (χ1) is 12.7. The van der Waals surface area contributed by atoms with Gasteiger partial charge in [-0.25, -0.2) is 4.98 Å². The summed E-state index contributed by atoms with van der Waals surface area (Å²) in [6.45, 7) is 0. The van der Waals surface area contributed by atoms with Gasteiger partial charge < -0.3 is 20.1 Å². The number of methoxy groups -OCH3 is 2. The average molecular weight is 349 g/mol. The van der Waals surface area contributed by atoms with Crippen molar-refractivity contribution in [1.82, 2.24) is 4.98 Å². The zero-order valence-electron chi connectivity index (χ0n) is 14.5. The van der Waals surface area contributed by atoms with Crippen LogP contribution in [0, 0.1) is 0 Å². The number of hydrogen-bond acceptors (Lipinski definition) is 5. The van der Waals surface area contributed by atoms with E-state index in [9.17, 15) is 4.79 Å². The third-order valence-electron chi connectivity index (χ3n) is 3.68. The Balaban J connectivity index is 1.70. The van der Waals surface area contributed by atoms with Crippen molar-refractivity contribution in [3.63, 3.8) is 0 Å². The van der Waals surface area contributed by atoms with E-state index in [1.54, 1.807) is 30.5 Å². The average Bonchev–Trinajstić information content (AvgIpc) is 2.69. The number of benzene rings is 2. The molecule has 0 aliphatic rings. The summed E-state index contributed by atoms with van der Waals surface area (Å²) in [5.74, 6) is 1.25. The Kier molecular flexibility index (Phi) is 5.34. The van der Waals surface area contributed by atoms with Crippen LogP contribution in [0.25, 0.3) is 0 Å². The fourth-order valence-corrected chi connectivity index (χ4v) is 2.36. The van der Waals surface area contributed by atoms with E-state index in [1.165, 1.54) is 14.2 Å². The van der Waals surface area contributed by atoms with Crippen LogP contribution in [0.5, 0.6) is 11.5 Å². The number of carbonyl (C=O) groups is 1. The van der Waals surface area contributed by atoms with Crippen molar-refractivity contribution >= 4 is 23.1 Å². The molecule has 0 radical (unpaired) electrons. The molecule has 0 atom stereocenters. The molecule has 3 rings (SSSR count). The maximum absolute atomic E-state index is 12.4. The van der Waals surface area contributed by atoms with Crippen molar-refractivity contribution in [3.8, 4) is 11.5 Å². The molecule has 6 heteroatoms. The minimum Gasteiger partial charge on any atom is -0.497 e. The van der Waals surface area contributed by atoms with E-state index in [2.05, 4.69) is 15.6 Å². The molecule has 0 bridgehead atoms. The third-order valence-corrected chi connectivity index (χ3v) is 3.68. The Morgan fingerprint density at radius 3 is 2.15 bits per heavy atom. The van der Waals surface area contributed by atoms with Crippen molar-refractivity contribution < 1.29 is 14.3 Å². The smallest absolute Gasteiger partial charge is 0.257 e. The molecular weight excluding hydrogens is 330 g/mol. The summed E-state index contributed by atoms with van der Waals surface area (Å²) in [5, 5.41) is 6.00. The van der Waals surface area contributed by atoms with Crippen molar-refractivity contribution in [2.24, 2.45) is 0 Å². The molecule has 2 N–H and O–H groups in total. The number of aromatic nitrogens is 1. The number of amides is 1. The summed E-state index contributed by atoms with van der Waals surface area (Å²) >= 11 is 0. The van der Waals surface area contributed by atoms with Crippen LogP contribution >= 0.6 is 0 Å². The molecule has 0 spiro atoms. The number of nitrogens with zero attached hydrogens (tertiary/aromatic N) is 1. The standard InChI is InChI=1S/C20H19N3O3/c1-25-17-10-14(11-18(12-17)26-2)20(24)23-19-9-8-16(13-21-19)22-15-6-4-3-5-7-15/h3-13,22H,1-2H3,(H,21,23,24). The third kappa shape index (κ3) is 4.30. The van der Waals surface area contributed by atoms with Crippen LogP contribution in [0.15, 0.2) is 66.9 Å². The van der Waals surface area contributed by atoms with Gasteiger partial charge in [0, 0.05) is 17.3 Å². The molecule has 0 unspecified atom stereocenters. The second-order valence-corrected chi connectivity index (χ2v) is 5.48. The van der Waals surface area contributed by atoms with Gasteiger partial charge in [-0.3, -0.25) is 4.79 Å². The summed E-state index contributed by atoms with van der Waals surface area (Å²) in [4.78, 5) is 16.7. The predicted octanol–water partition coefficient (Wildman–Crippen LogP) is 4.09. The fraction of sp³-hybridized carbons (Fsp3) is 0.100. The van der Waals surface area contributed by atoms with Crippen LogP contribution in [-0.4, -0.2) is 25.1 Å². The number of hydrogen-bond donors (Lipinski definition) is 2. The van der Waals surface area contributed by atoms with Crippen molar-refractivity contribution in [1.29, 1.82) is 0 Å². The highest BCUT2D eigenvalue weighted by atomic mass is 16.5. The second-order valence-electron chi connectivity index (χ2n) is 5.48. The molecule has 26 heavy (non-hydrogen) atoms. The Labute approximate surface area is 151 Å². The monoisotopic (exact) mass is 349 g/mol. The summed E-state index contributed by atoms with van der Waals surface area (Å²) in [6.07, 6.45) is 1.66. The quantitative estimate of drug-likeness (QED) is 0.701. The minimum absolute atomic E-state index is 0.293. The normalized spacial score (nSPS) is 10.1. The maximum atomic E-state index is 12.4. The van der Waals surface area contributed by atoms with E-state index in [4.69, 9.17) is 9.47 Å². The lowest BCUT2D eigenvalue weighted by molar-refractivity contribution is 0.102. The molecule has 0 fully saturated rings. The largest absolute Gasteiger partial charge is 0.497 e. The van der Waals surface area contributed by atoms with Gasteiger partial charge in [0.25, 0.3) is 5.91 Å². The number of ether oxygens (including phenoxy) is 2. The first-order valence-corrected chi connectivity index (χ1v) is 8.00. The van der Waals surface area contributed by atoms with Gasteiger partial charge in [0.15, 0.2) is 0 Å². The number of nitrogens with one attached hydrogen (secondary N) is 2. The van der Waals surface area contributed by atoms with Gasteiger partial charge in [-0.05, 0) is 36.4 Å². The zero-order valence-corrected chi connectivity index (χ0v) is 14.5. The second kappa shape index (κ2) is 8.02. The molecule has 0 saturated carbocycles. The highest BCUT2D eigenvalue weighted by molar-refractivity contribution is 6.04. The van der Waals surface area contributed by atoms with Crippen LogP contribution in [0.4, 0.5) is 17.2 Å². The lowest BCUT2D eigenvalue weighted by Crippen LogP contribution is -2.13. The van der Waals surface area contributed by atoms with Crippen LogP contribution < -0.4 is 20.1 Å². The lowest BCUT2D eigenvalue weighted by Gasteiger charge is -2.10. The van der Waals surface area contributed by atoms with Gasteiger partial charge in [0.2, 0.25) is 0 Å². The Hall–Kier alpha value is -3.54. The van der Waals surface area contributed by atoms with Gasteiger partial charge in [-0.2, -0.15) is 0 Å². The Morgan fingerprint density at radius 1 is 0.885 bits per heavy atom. The number of anilines is 3. The molecule has 3 aromatic rings. The summed E-state index contributed by atoms with van der Waals surface area (Å²) in [5.41, 5.74) is 2.22. The Morgan fingerprint density at radius 2 is 1.58 bits per heavy atom. The molecule has 0 aliphatic carbocycles. The molecule has 132 valence electrons. The molecule has 0 aliphatic heterocycles. The fourth-order valence-electron chi connectivity index (χ4n) is 2.36. The highest BCUT2D eigenvalue weighted by Crippen LogP contribution is 2.23. The van der Waals surface area contributed by atoms with Crippen LogP contribution in [-0.2, 0) is 0 Å². The van der Waals surface area contributed by atoms with Crippen LogP contribution in [0.3, 0.4) is 0 Å². The lowest BCUT2D eigenvalue weighted by atomic mass is 10.2. The van der Waals surface area contributed by atoms with Gasteiger partial charge in [0.05, 0.1) is 26.1 Å². The van der Waals surface area contributed by atoms with E-state index in [0.29, 0.717) is 22.9 Å². The summed E-state index contributed by atoms with van der Waals surface area (Å²) in [6, 6.07) is 18.4.